The van der Waals surface area contributed by atoms with Crippen LogP contribution in [0, 0.1) is 0 Å². The Labute approximate surface area is 118 Å². The van der Waals surface area contributed by atoms with Crippen LogP contribution in [-0.4, -0.2) is 29.4 Å². The number of amides is 1. The molecule has 0 bridgehead atoms. The van der Waals surface area contributed by atoms with Crippen molar-refractivity contribution in [1.82, 2.24) is 9.78 Å². The molecule has 1 aromatic carbocycles. The molecule has 0 aliphatic rings. The number of hydrogen-bond donors (Lipinski definition) is 1. The smallest absolute Gasteiger partial charge is 0.375 e. The lowest BCUT2D eigenvalue weighted by Crippen LogP contribution is -2.16. The maximum Gasteiger partial charge on any atom is 0.416 e. The molecule has 21 heavy (non-hydrogen) atoms. The number of alkyl halides is 3. The van der Waals surface area contributed by atoms with E-state index in [1.165, 1.54) is 36.3 Å². The van der Waals surface area contributed by atoms with E-state index in [0.717, 1.165) is 12.1 Å². The Balaban J connectivity index is 2.20. The predicted octanol–water partition coefficient (Wildman–Crippen LogP) is 2.48. The number of aromatic nitrogens is 2. The molecular weight excluding hydrogens is 287 g/mol. The predicted molar refractivity (Wildman–Crippen MR) is 69.1 cm³/mol. The van der Waals surface area contributed by atoms with Gasteiger partial charge in [-0.3, -0.25) is 4.79 Å². The number of halogens is 3. The molecule has 1 N–H and O–H groups in total. The van der Waals surface area contributed by atoms with E-state index < -0.39 is 11.7 Å². The van der Waals surface area contributed by atoms with Crippen LogP contribution in [-0.2, 0) is 15.7 Å². The SMILES string of the molecule is COCC(=O)Nc1cnn(-c2cccc(C(F)(F)F)c2)c1. The number of anilines is 1. The van der Waals surface area contributed by atoms with Crippen LogP contribution in [0.25, 0.3) is 5.69 Å². The lowest BCUT2D eigenvalue weighted by molar-refractivity contribution is -0.137. The van der Waals surface area contributed by atoms with Crippen LogP contribution in [0.2, 0.25) is 0 Å². The summed E-state index contributed by atoms with van der Waals surface area (Å²) in [6.45, 7) is -0.116. The van der Waals surface area contributed by atoms with Gasteiger partial charge in [0.25, 0.3) is 0 Å². The van der Waals surface area contributed by atoms with Gasteiger partial charge in [0.2, 0.25) is 5.91 Å². The summed E-state index contributed by atoms with van der Waals surface area (Å²) in [6, 6.07) is 4.74. The fourth-order valence-corrected chi connectivity index (χ4v) is 1.68. The highest BCUT2D eigenvalue weighted by Gasteiger charge is 2.30. The quantitative estimate of drug-likeness (QED) is 0.943. The number of ether oxygens (including phenoxy) is 1. The molecule has 2 aromatic rings. The monoisotopic (exact) mass is 299 g/mol. The summed E-state index contributed by atoms with van der Waals surface area (Å²) < 4.78 is 43.8. The van der Waals surface area contributed by atoms with E-state index in [1.807, 2.05) is 0 Å². The average molecular weight is 299 g/mol. The molecule has 0 aliphatic carbocycles. The molecule has 0 atom stereocenters. The Morgan fingerprint density at radius 2 is 2.19 bits per heavy atom. The number of hydrogen-bond acceptors (Lipinski definition) is 3. The lowest BCUT2D eigenvalue weighted by atomic mass is 10.2. The van der Waals surface area contributed by atoms with E-state index in [1.54, 1.807) is 0 Å². The molecule has 0 spiro atoms. The Morgan fingerprint density at radius 3 is 2.86 bits per heavy atom. The Morgan fingerprint density at radius 1 is 1.43 bits per heavy atom. The molecule has 0 saturated carbocycles. The standard InChI is InChI=1S/C13H12F3N3O2/c1-21-8-12(20)18-10-6-17-19(7-10)11-4-2-3-9(5-11)13(14,15)16/h2-7H,8H2,1H3,(H,18,20). The molecule has 8 heteroatoms. The summed E-state index contributed by atoms with van der Waals surface area (Å²) in [5, 5.41) is 6.42. The van der Waals surface area contributed by atoms with Crippen LogP contribution in [0.15, 0.2) is 36.7 Å². The first-order valence-electron chi connectivity index (χ1n) is 5.91. The molecule has 112 valence electrons. The molecule has 0 aliphatic heterocycles. The molecule has 1 aromatic heterocycles. The van der Waals surface area contributed by atoms with Gasteiger partial charge in [-0.1, -0.05) is 6.07 Å². The van der Waals surface area contributed by atoms with Gasteiger partial charge < -0.3 is 10.1 Å². The zero-order valence-electron chi connectivity index (χ0n) is 11.0. The van der Waals surface area contributed by atoms with Gasteiger partial charge in [-0.25, -0.2) is 4.68 Å². The minimum atomic E-state index is -4.42. The third-order valence-corrected chi connectivity index (χ3v) is 2.58. The van der Waals surface area contributed by atoms with Crippen LogP contribution >= 0.6 is 0 Å². The first-order chi connectivity index (χ1) is 9.90. The minimum absolute atomic E-state index is 0.116. The van der Waals surface area contributed by atoms with E-state index in [0.29, 0.717) is 5.69 Å². The first kappa shape index (κ1) is 15.0. The van der Waals surface area contributed by atoms with Crippen LogP contribution < -0.4 is 5.32 Å². The van der Waals surface area contributed by atoms with Crippen molar-refractivity contribution in [2.24, 2.45) is 0 Å². The number of benzene rings is 1. The molecular formula is C13H12F3N3O2. The van der Waals surface area contributed by atoms with E-state index in [2.05, 4.69) is 15.2 Å². The highest BCUT2D eigenvalue weighted by Crippen LogP contribution is 2.30. The van der Waals surface area contributed by atoms with Gasteiger partial charge in [0.05, 0.1) is 29.3 Å². The van der Waals surface area contributed by atoms with Crippen molar-refractivity contribution in [2.45, 2.75) is 6.18 Å². The number of carbonyl (C=O) groups is 1. The number of rotatable bonds is 4. The number of nitrogens with one attached hydrogen (secondary N) is 1. The number of methoxy groups -OCH3 is 1. The maximum atomic E-state index is 12.6. The molecule has 2 rings (SSSR count). The number of carbonyl (C=O) groups excluding carboxylic acids is 1. The summed E-state index contributed by atoms with van der Waals surface area (Å²) in [4.78, 5) is 11.3. The summed E-state index contributed by atoms with van der Waals surface area (Å²) >= 11 is 0. The second-order valence-electron chi connectivity index (χ2n) is 4.20. The van der Waals surface area contributed by atoms with Crippen LogP contribution in [0.1, 0.15) is 5.56 Å². The average Bonchev–Trinajstić information content (AvgIpc) is 2.86. The van der Waals surface area contributed by atoms with Gasteiger partial charge in [-0.2, -0.15) is 18.3 Å². The molecule has 0 unspecified atom stereocenters. The van der Waals surface area contributed by atoms with Gasteiger partial charge in [-0.15, -0.1) is 0 Å². The van der Waals surface area contributed by atoms with Crippen LogP contribution in [0.4, 0.5) is 18.9 Å². The fourth-order valence-electron chi connectivity index (χ4n) is 1.68. The molecule has 5 nitrogen and oxygen atoms in total. The highest BCUT2D eigenvalue weighted by molar-refractivity contribution is 5.91. The third-order valence-electron chi connectivity index (χ3n) is 2.58. The molecule has 0 saturated heterocycles. The zero-order valence-corrected chi connectivity index (χ0v) is 11.0. The summed E-state index contributed by atoms with van der Waals surface area (Å²) in [7, 11) is 1.38. The topological polar surface area (TPSA) is 56.1 Å². The second kappa shape index (κ2) is 5.96. The minimum Gasteiger partial charge on any atom is -0.375 e. The van der Waals surface area contributed by atoms with Gasteiger partial charge in [0.1, 0.15) is 6.61 Å². The van der Waals surface area contributed by atoms with E-state index >= 15 is 0 Å². The van der Waals surface area contributed by atoms with Crippen LogP contribution in [0.3, 0.4) is 0 Å². The maximum absolute atomic E-state index is 12.6. The zero-order chi connectivity index (χ0) is 15.5. The summed E-state index contributed by atoms with van der Waals surface area (Å²) in [6.07, 6.45) is -1.66. The summed E-state index contributed by atoms with van der Waals surface area (Å²) in [5.41, 5.74) is -0.146. The molecule has 1 amide bonds. The van der Waals surface area contributed by atoms with Crippen molar-refractivity contribution >= 4 is 11.6 Å². The van der Waals surface area contributed by atoms with Crippen LogP contribution in [0.5, 0.6) is 0 Å². The van der Waals surface area contributed by atoms with Gasteiger partial charge in [-0.05, 0) is 18.2 Å². The van der Waals surface area contributed by atoms with Gasteiger partial charge in [0, 0.05) is 7.11 Å². The largest absolute Gasteiger partial charge is 0.416 e. The van der Waals surface area contributed by atoms with Crippen molar-refractivity contribution in [2.75, 3.05) is 19.0 Å². The normalized spacial score (nSPS) is 11.4. The molecule has 1 heterocycles. The van der Waals surface area contributed by atoms with Crippen molar-refractivity contribution in [1.29, 1.82) is 0 Å². The van der Waals surface area contributed by atoms with Crippen molar-refractivity contribution in [3.8, 4) is 5.69 Å². The third kappa shape index (κ3) is 3.82. The van der Waals surface area contributed by atoms with E-state index in [-0.39, 0.29) is 18.2 Å². The van der Waals surface area contributed by atoms with E-state index in [4.69, 9.17) is 0 Å². The van der Waals surface area contributed by atoms with Crippen molar-refractivity contribution < 1.29 is 22.7 Å². The fraction of sp³-hybridized carbons (Fsp3) is 0.231. The van der Waals surface area contributed by atoms with Crippen molar-refractivity contribution in [3.05, 3.63) is 42.2 Å². The summed E-state index contributed by atoms with van der Waals surface area (Å²) in [5.74, 6) is -0.374. The lowest BCUT2D eigenvalue weighted by Gasteiger charge is -2.08. The molecule has 0 radical (unpaired) electrons. The Bertz CT molecular complexity index is 638. The van der Waals surface area contributed by atoms with Crippen molar-refractivity contribution in [3.63, 3.8) is 0 Å². The highest BCUT2D eigenvalue weighted by atomic mass is 19.4. The second-order valence-corrected chi connectivity index (χ2v) is 4.20. The Hall–Kier alpha value is -2.35. The Kier molecular flexibility index (Phi) is 4.27. The van der Waals surface area contributed by atoms with Gasteiger partial charge in [0.15, 0.2) is 0 Å². The molecule has 0 fully saturated rings. The van der Waals surface area contributed by atoms with E-state index in [9.17, 15) is 18.0 Å². The number of nitrogens with zero attached hydrogens (tertiary/aromatic N) is 2. The first-order valence-corrected chi connectivity index (χ1v) is 5.91. The van der Waals surface area contributed by atoms with Gasteiger partial charge >= 0.3 is 6.18 Å².